The number of halogens is 1. The zero-order valence-corrected chi connectivity index (χ0v) is 16.2. The second-order valence-corrected chi connectivity index (χ2v) is 6.96. The molecule has 1 aliphatic heterocycles. The van der Waals surface area contributed by atoms with Crippen molar-refractivity contribution in [2.75, 3.05) is 13.2 Å². The third kappa shape index (κ3) is 3.60. The molecular weight excluding hydrogens is 378 g/mol. The molecule has 28 heavy (non-hydrogen) atoms. The molecule has 1 unspecified atom stereocenters. The van der Waals surface area contributed by atoms with Crippen LogP contribution in [0.25, 0.3) is 11.4 Å². The van der Waals surface area contributed by atoms with Gasteiger partial charge in [-0.05, 0) is 56.2 Å². The molecule has 1 atom stereocenters. The van der Waals surface area contributed by atoms with Gasteiger partial charge >= 0.3 is 0 Å². The fourth-order valence-corrected chi connectivity index (χ4v) is 3.64. The molecule has 3 aromatic rings. The predicted octanol–water partition coefficient (Wildman–Crippen LogP) is 4.77. The summed E-state index contributed by atoms with van der Waals surface area (Å²) in [4.78, 5) is 19.3. The van der Waals surface area contributed by atoms with Gasteiger partial charge in [0, 0.05) is 17.7 Å². The third-order valence-corrected chi connectivity index (χ3v) is 5.10. The first kappa shape index (κ1) is 18.5. The molecule has 1 saturated heterocycles. The highest BCUT2D eigenvalue weighted by Crippen LogP contribution is 2.34. The van der Waals surface area contributed by atoms with Crippen LogP contribution < -0.4 is 4.74 Å². The van der Waals surface area contributed by atoms with Gasteiger partial charge in [-0.3, -0.25) is 4.79 Å². The Morgan fingerprint density at radius 3 is 2.79 bits per heavy atom. The van der Waals surface area contributed by atoms with Crippen LogP contribution in [-0.4, -0.2) is 34.1 Å². The van der Waals surface area contributed by atoms with Crippen LogP contribution in [0.3, 0.4) is 0 Å². The Labute approximate surface area is 168 Å². The van der Waals surface area contributed by atoms with E-state index < -0.39 is 0 Å². The normalized spacial score (nSPS) is 16.4. The van der Waals surface area contributed by atoms with Crippen LogP contribution in [0.15, 0.2) is 53.1 Å². The Morgan fingerprint density at radius 1 is 1.25 bits per heavy atom. The fourth-order valence-electron chi connectivity index (χ4n) is 3.42. The number of carbonyl (C=O) groups is 1. The smallest absolute Gasteiger partial charge is 0.254 e. The number of benzene rings is 2. The standard InChI is InChI=1S/C21H20ClN3O3/c1-2-27-15-11-9-14(10-12-15)21(26)25-13-5-8-18(25)20-23-19(24-28-20)16-6-3-4-7-17(16)22/h3-4,6-7,9-12,18H,2,5,8,13H2,1H3. The molecule has 2 heterocycles. The van der Waals surface area contributed by atoms with Crippen molar-refractivity contribution in [2.45, 2.75) is 25.8 Å². The van der Waals surface area contributed by atoms with E-state index in [0.29, 0.717) is 41.0 Å². The predicted molar refractivity (Wildman–Crippen MR) is 105 cm³/mol. The molecule has 0 aliphatic carbocycles. The summed E-state index contributed by atoms with van der Waals surface area (Å²) in [7, 11) is 0. The van der Waals surface area contributed by atoms with E-state index in [4.69, 9.17) is 20.9 Å². The molecule has 1 amide bonds. The number of ether oxygens (including phenoxy) is 1. The van der Waals surface area contributed by atoms with Crippen molar-refractivity contribution in [3.63, 3.8) is 0 Å². The number of hydrogen-bond acceptors (Lipinski definition) is 5. The van der Waals surface area contributed by atoms with Crippen molar-refractivity contribution in [1.82, 2.24) is 15.0 Å². The molecule has 0 saturated carbocycles. The monoisotopic (exact) mass is 397 g/mol. The van der Waals surface area contributed by atoms with Crippen LogP contribution in [0.1, 0.15) is 42.1 Å². The van der Waals surface area contributed by atoms with Crippen molar-refractivity contribution in [3.05, 3.63) is 65.0 Å². The quantitative estimate of drug-likeness (QED) is 0.620. The van der Waals surface area contributed by atoms with Crippen molar-refractivity contribution >= 4 is 17.5 Å². The fraction of sp³-hybridized carbons (Fsp3) is 0.286. The molecule has 2 aromatic carbocycles. The van der Waals surface area contributed by atoms with Crippen LogP contribution in [-0.2, 0) is 0 Å². The van der Waals surface area contributed by atoms with E-state index in [9.17, 15) is 4.79 Å². The van der Waals surface area contributed by atoms with E-state index in [1.54, 1.807) is 23.1 Å². The van der Waals surface area contributed by atoms with E-state index in [2.05, 4.69) is 10.1 Å². The molecule has 4 rings (SSSR count). The van der Waals surface area contributed by atoms with Gasteiger partial charge in [0.2, 0.25) is 11.7 Å². The van der Waals surface area contributed by atoms with Gasteiger partial charge < -0.3 is 14.2 Å². The number of likely N-dealkylation sites (tertiary alicyclic amines) is 1. The van der Waals surface area contributed by atoms with Crippen LogP contribution in [0.5, 0.6) is 5.75 Å². The summed E-state index contributed by atoms with van der Waals surface area (Å²) in [5, 5.41) is 4.62. The summed E-state index contributed by atoms with van der Waals surface area (Å²) in [6.07, 6.45) is 1.67. The Hall–Kier alpha value is -2.86. The summed E-state index contributed by atoms with van der Waals surface area (Å²) in [5.74, 6) is 1.56. The van der Waals surface area contributed by atoms with Gasteiger partial charge in [-0.1, -0.05) is 28.9 Å². The lowest BCUT2D eigenvalue weighted by Crippen LogP contribution is -2.30. The van der Waals surface area contributed by atoms with Gasteiger partial charge in [0.05, 0.1) is 11.6 Å². The maximum atomic E-state index is 13.0. The summed E-state index contributed by atoms with van der Waals surface area (Å²) in [6.45, 7) is 3.17. The average molecular weight is 398 g/mol. The number of carbonyl (C=O) groups excluding carboxylic acids is 1. The highest BCUT2D eigenvalue weighted by atomic mass is 35.5. The van der Waals surface area contributed by atoms with Crippen molar-refractivity contribution in [1.29, 1.82) is 0 Å². The average Bonchev–Trinajstić information content (AvgIpc) is 3.38. The van der Waals surface area contributed by atoms with Gasteiger partial charge in [0.25, 0.3) is 5.91 Å². The second kappa shape index (κ2) is 8.02. The molecule has 7 heteroatoms. The van der Waals surface area contributed by atoms with E-state index in [0.717, 1.165) is 18.6 Å². The maximum Gasteiger partial charge on any atom is 0.254 e. The summed E-state index contributed by atoms with van der Waals surface area (Å²) < 4.78 is 10.9. The second-order valence-electron chi connectivity index (χ2n) is 6.55. The molecule has 1 fully saturated rings. The largest absolute Gasteiger partial charge is 0.494 e. The highest BCUT2D eigenvalue weighted by molar-refractivity contribution is 6.33. The van der Waals surface area contributed by atoms with Gasteiger partial charge in [-0.2, -0.15) is 4.98 Å². The lowest BCUT2D eigenvalue weighted by molar-refractivity contribution is 0.0710. The minimum absolute atomic E-state index is 0.0527. The van der Waals surface area contributed by atoms with Crippen LogP contribution in [0, 0.1) is 0 Å². The zero-order chi connectivity index (χ0) is 19.5. The summed E-state index contributed by atoms with van der Waals surface area (Å²) >= 11 is 6.23. The maximum absolute atomic E-state index is 13.0. The highest BCUT2D eigenvalue weighted by Gasteiger charge is 2.34. The molecule has 1 aromatic heterocycles. The van der Waals surface area contributed by atoms with Crippen molar-refractivity contribution in [2.24, 2.45) is 0 Å². The first-order valence-corrected chi connectivity index (χ1v) is 9.67. The molecule has 0 spiro atoms. The van der Waals surface area contributed by atoms with E-state index >= 15 is 0 Å². The SMILES string of the molecule is CCOc1ccc(C(=O)N2CCCC2c2nc(-c3ccccc3Cl)no2)cc1. The lowest BCUT2D eigenvalue weighted by atomic mass is 10.1. The van der Waals surface area contributed by atoms with Gasteiger partial charge in [0.1, 0.15) is 11.8 Å². The molecule has 144 valence electrons. The molecule has 0 radical (unpaired) electrons. The topological polar surface area (TPSA) is 68.5 Å². The molecule has 0 bridgehead atoms. The lowest BCUT2D eigenvalue weighted by Gasteiger charge is -2.22. The Bertz CT molecular complexity index is 971. The number of aromatic nitrogens is 2. The van der Waals surface area contributed by atoms with Crippen LogP contribution in [0.4, 0.5) is 0 Å². The Morgan fingerprint density at radius 2 is 2.04 bits per heavy atom. The number of rotatable bonds is 5. The van der Waals surface area contributed by atoms with Crippen LogP contribution >= 0.6 is 11.6 Å². The van der Waals surface area contributed by atoms with Gasteiger partial charge in [0.15, 0.2) is 0 Å². The summed E-state index contributed by atoms with van der Waals surface area (Å²) in [5.41, 5.74) is 1.32. The number of hydrogen-bond donors (Lipinski definition) is 0. The molecule has 6 nitrogen and oxygen atoms in total. The first-order chi connectivity index (χ1) is 13.7. The van der Waals surface area contributed by atoms with Gasteiger partial charge in [-0.25, -0.2) is 0 Å². The zero-order valence-electron chi connectivity index (χ0n) is 15.5. The molecular formula is C21H20ClN3O3. The molecule has 1 aliphatic rings. The Balaban J connectivity index is 1.55. The summed E-state index contributed by atoms with van der Waals surface area (Å²) in [6, 6.07) is 14.3. The van der Waals surface area contributed by atoms with E-state index in [1.165, 1.54) is 0 Å². The van der Waals surface area contributed by atoms with Crippen molar-refractivity contribution in [3.8, 4) is 17.1 Å². The minimum Gasteiger partial charge on any atom is -0.494 e. The van der Waals surface area contributed by atoms with Crippen LogP contribution in [0.2, 0.25) is 5.02 Å². The Kier molecular flexibility index (Phi) is 5.30. The first-order valence-electron chi connectivity index (χ1n) is 9.29. The third-order valence-electron chi connectivity index (χ3n) is 4.77. The number of nitrogens with zero attached hydrogens (tertiary/aromatic N) is 3. The number of amides is 1. The minimum atomic E-state index is -0.234. The van der Waals surface area contributed by atoms with Crippen molar-refractivity contribution < 1.29 is 14.1 Å². The molecule has 0 N–H and O–H groups in total. The van der Waals surface area contributed by atoms with E-state index in [-0.39, 0.29) is 11.9 Å². The van der Waals surface area contributed by atoms with E-state index in [1.807, 2.05) is 37.3 Å². The van der Waals surface area contributed by atoms with Gasteiger partial charge in [-0.15, -0.1) is 0 Å².